The molecule has 0 spiro atoms. The van der Waals surface area contributed by atoms with Crippen molar-refractivity contribution in [3.63, 3.8) is 0 Å². The Morgan fingerprint density at radius 3 is 2.54 bits per heavy atom. The van der Waals surface area contributed by atoms with Crippen LogP contribution >= 0.6 is 0 Å². The number of carbonyl (C=O) groups is 2. The largest absolute Gasteiger partial charge is 0.511 e. The van der Waals surface area contributed by atoms with Crippen LogP contribution in [0.3, 0.4) is 0 Å². The van der Waals surface area contributed by atoms with Gasteiger partial charge >= 0.3 is 0 Å². The van der Waals surface area contributed by atoms with E-state index in [9.17, 15) is 14.7 Å². The average molecular weight is 355 g/mol. The first-order valence-corrected chi connectivity index (χ1v) is 9.49. The molecule has 0 bridgehead atoms. The van der Waals surface area contributed by atoms with Crippen molar-refractivity contribution >= 4 is 17.5 Å². The zero-order chi connectivity index (χ0) is 18.1. The third-order valence-electron chi connectivity index (χ3n) is 5.84. The standard InChI is InChI=1S/C20H25N3O3/c24-18-15-10-21-11-16(15)23-20(26)17(18)19(25)22-14-8-6-13(7-9-14)12-4-2-1-3-5-12/h6-9,12,15-16,21,24H,1-5,10-11H2,(H,22,25)(H,23,26)/t15-,16?/m0/s1. The molecule has 2 amide bonds. The fourth-order valence-electron chi connectivity index (χ4n) is 4.35. The number of benzene rings is 1. The Kier molecular flexibility index (Phi) is 4.68. The number of hydrogen-bond donors (Lipinski definition) is 4. The molecular formula is C20H25N3O3. The molecule has 6 heteroatoms. The number of fused-ring (bicyclic) bond motifs is 1. The van der Waals surface area contributed by atoms with Crippen molar-refractivity contribution in [2.75, 3.05) is 18.4 Å². The van der Waals surface area contributed by atoms with Crippen molar-refractivity contribution < 1.29 is 14.7 Å². The predicted molar refractivity (Wildman–Crippen MR) is 98.8 cm³/mol. The molecule has 6 nitrogen and oxygen atoms in total. The zero-order valence-corrected chi connectivity index (χ0v) is 14.8. The van der Waals surface area contributed by atoms with Crippen molar-refractivity contribution in [1.29, 1.82) is 0 Å². The Hall–Kier alpha value is -2.34. The van der Waals surface area contributed by atoms with Crippen LogP contribution in [0.15, 0.2) is 35.6 Å². The van der Waals surface area contributed by atoms with Crippen LogP contribution in [0.2, 0.25) is 0 Å². The Balaban J connectivity index is 1.47. The van der Waals surface area contributed by atoms with Crippen LogP contribution in [0, 0.1) is 5.92 Å². The van der Waals surface area contributed by atoms with E-state index in [0.717, 1.165) is 0 Å². The summed E-state index contributed by atoms with van der Waals surface area (Å²) in [6.07, 6.45) is 6.33. The predicted octanol–water partition coefficient (Wildman–Crippen LogP) is 2.20. The van der Waals surface area contributed by atoms with Crippen molar-refractivity contribution in [2.45, 2.75) is 44.1 Å². The summed E-state index contributed by atoms with van der Waals surface area (Å²) in [6, 6.07) is 7.71. The van der Waals surface area contributed by atoms with Crippen LogP contribution in [0.5, 0.6) is 0 Å². The van der Waals surface area contributed by atoms with E-state index in [2.05, 4.69) is 28.1 Å². The van der Waals surface area contributed by atoms with Gasteiger partial charge in [-0.2, -0.15) is 0 Å². The molecule has 26 heavy (non-hydrogen) atoms. The molecule has 1 saturated heterocycles. The first-order valence-electron chi connectivity index (χ1n) is 9.49. The lowest BCUT2D eigenvalue weighted by molar-refractivity contribution is -0.123. The lowest BCUT2D eigenvalue weighted by Crippen LogP contribution is -2.48. The van der Waals surface area contributed by atoms with Gasteiger partial charge in [-0.15, -0.1) is 0 Å². The summed E-state index contributed by atoms with van der Waals surface area (Å²) in [7, 11) is 0. The average Bonchev–Trinajstić information content (AvgIpc) is 3.12. The van der Waals surface area contributed by atoms with Gasteiger partial charge in [0, 0.05) is 18.8 Å². The minimum absolute atomic E-state index is 0.111. The van der Waals surface area contributed by atoms with Crippen molar-refractivity contribution in [3.8, 4) is 0 Å². The first kappa shape index (κ1) is 17.1. The van der Waals surface area contributed by atoms with Crippen molar-refractivity contribution in [1.82, 2.24) is 10.6 Å². The second-order valence-corrected chi connectivity index (χ2v) is 7.52. The van der Waals surface area contributed by atoms with Gasteiger partial charge in [0.1, 0.15) is 11.3 Å². The highest BCUT2D eigenvalue weighted by molar-refractivity contribution is 6.23. The van der Waals surface area contributed by atoms with E-state index >= 15 is 0 Å². The third kappa shape index (κ3) is 3.21. The van der Waals surface area contributed by atoms with Crippen LogP contribution in [0.25, 0.3) is 0 Å². The van der Waals surface area contributed by atoms with Gasteiger partial charge in [0.15, 0.2) is 0 Å². The number of hydrogen-bond acceptors (Lipinski definition) is 4. The summed E-state index contributed by atoms with van der Waals surface area (Å²) >= 11 is 0. The second-order valence-electron chi connectivity index (χ2n) is 7.52. The summed E-state index contributed by atoms with van der Waals surface area (Å²) < 4.78 is 0. The number of aliphatic hydroxyl groups is 1. The van der Waals surface area contributed by atoms with Crippen LogP contribution in [0.4, 0.5) is 5.69 Å². The first-order chi connectivity index (χ1) is 12.6. The summed E-state index contributed by atoms with van der Waals surface area (Å²) in [6.45, 7) is 1.17. The molecule has 2 fully saturated rings. The Morgan fingerprint density at radius 2 is 1.81 bits per heavy atom. The van der Waals surface area contributed by atoms with E-state index in [1.54, 1.807) is 0 Å². The molecule has 0 aromatic heterocycles. The number of nitrogens with one attached hydrogen (secondary N) is 3. The van der Waals surface area contributed by atoms with E-state index in [1.807, 2.05) is 12.1 Å². The maximum absolute atomic E-state index is 12.6. The van der Waals surface area contributed by atoms with Gasteiger partial charge in [0.2, 0.25) is 0 Å². The molecule has 4 N–H and O–H groups in total. The van der Waals surface area contributed by atoms with E-state index < -0.39 is 11.8 Å². The lowest BCUT2D eigenvalue weighted by atomic mass is 9.84. The molecular weight excluding hydrogens is 330 g/mol. The van der Waals surface area contributed by atoms with Gasteiger partial charge in [0.25, 0.3) is 11.8 Å². The smallest absolute Gasteiger partial charge is 0.264 e. The fraction of sp³-hybridized carbons (Fsp3) is 0.500. The molecule has 2 aliphatic heterocycles. The number of anilines is 1. The molecule has 4 rings (SSSR count). The fourth-order valence-corrected chi connectivity index (χ4v) is 4.35. The third-order valence-corrected chi connectivity index (χ3v) is 5.84. The Labute approximate surface area is 153 Å². The van der Waals surface area contributed by atoms with E-state index in [-0.39, 0.29) is 23.3 Å². The van der Waals surface area contributed by atoms with Crippen LogP contribution in [-0.4, -0.2) is 36.1 Å². The monoisotopic (exact) mass is 355 g/mol. The van der Waals surface area contributed by atoms with E-state index in [4.69, 9.17) is 0 Å². The van der Waals surface area contributed by atoms with Crippen LogP contribution < -0.4 is 16.0 Å². The van der Waals surface area contributed by atoms with Gasteiger partial charge in [-0.25, -0.2) is 0 Å². The van der Waals surface area contributed by atoms with Crippen molar-refractivity contribution in [2.24, 2.45) is 5.92 Å². The maximum atomic E-state index is 12.6. The quantitative estimate of drug-likeness (QED) is 0.626. The highest BCUT2D eigenvalue weighted by Crippen LogP contribution is 2.33. The molecule has 1 aromatic rings. The molecule has 138 valence electrons. The lowest BCUT2D eigenvalue weighted by Gasteiger charge is -2.26. The summed E-state index contributed by atoms with van der Waals surface area (Å²) in [5.74, 6) is -0.807. The van der Waals surface area contributed by atoms with E-state index in [0.29, 0.717) is 24.7 Å². The Bertz CT molecular complexity index is 735. The highest BCUT2D eigenvalue weighted by Gasteiger charge is 2.41. The van der Waals surface area contributed by atoms with Crippen molar-refractivity contribution in [3.05, 3.63) is 41.2 Å². The van der Waals surface area contributed by atoms with Gasteiger partial charge < -0.3 is 21.1 Å². The van der Waals surface area contributed by atoms with E-state index in [1.165, 1.54) is 37.7 Å². The maximum Gasteiger partial charge on any atom is 0.264 e. The topological polar surface area (TPSA) is 90.5 Å². The highest BCUT2D eigenvalue weighted by atomic mass is 16.3. The zero-order valence-electron chi connectivity index (χ0n) is 14.8. The molecule has 1 saturated carbocycles. The number of amides is 2. The van der Waals surface area contributed by atoms with Gasteiger partial charge in [-0.05, 0) is 36.5 Å². The molecule has 1 aliphatic carbocycles. The number of carbonyl (C=O) groups excluding carboxylic acids is 2. The minimum atomic E-state index is -0.559. The number of rotatable bonds is 3. The Morgan fingerprint density at radius 1 is 1.08 bits per heavy atom. The minimum Gasteiger partial charge on any atom is -0.511 e. The number of aliphatic hydroxyl groups excluding tert-OH is 1. The SMILES string of the molecule is O=C(Nc1ccc(C2CCCCC2)cc1)C1=C(O)[C@H]2CNCC2NC1=O. The summed E-state index contributed by atoms with van der Waals surface area (Å²) in [5.41, 5.74) is 1.76. The molecule has 1 unspecified atom stereocenters. The normalized spacial score (nSPS) is 26.4. The molecule has 2 atom stereocenters. The van der Waals surface area contributed by atoms with Crippen LogP contribution in [-0.2, 0) is 9.59 Å². The summed E-state index contributed by atoms with van der Waals surface area (Å²) in [4.78, 5) is 24.8. The molecule has 0 radical (unpaired) electrons. The van der Waals surface area contributed by atoms with Gasteiger partial charge in [-0.3, -0.25) is 9.59 Å². The molecule has 3 aliphatic rings. The van der Waals surface area contributed by atoms with Crippen LogP contribution in [0.1, 0.15) is 43.6 Å². The van der Waals surface area contributed by atoms with Gasteiger partial charge in [0.05, 0.1) is 12.0 Å². The second kappa shape index (κ2) is 7.11. The summed E-state index contributed by atoms with van der Waals surface area (Å²) in [5, 5.41) is 19.1. The molecule has 2 heterocycles. The molecule has 1 aromatic carbocycles. The van der Waals surface area contributed by atoms with Gasteiger partial charge in [-0.1, -0.05) is 31.4 Å².